The zero-order chi connectivity index (χ0) is 15.1. The van der Waals surface area contributed by atoms with Crippen molar-refractivity contribution < 1.29 is 24.5 Å². The van der Waals surface area contributed by atoms with Gasteiger partial charge in [-0.2, -0.15) is 0 Å². The number of amides is 1. The van der Waals surface area contributed by atoms with Gasteiger partial charge < -0.3 is 20.3 Å². The van der Waals surface area contributed by atoms with Crippen molar-refractivity contribution in [2.75, 3.05) is 6.61 Å². The van der Waals surface area contributed by atoms with Crippen molar-refractivity contribution in [2.45, 2.75) is 26.3 Å². The molecule has 20 heavy (non-hydrogen) atoms. The van der Waals surface area contributed by atoms with E-state index in [-0.39, 0.29) is 18.3 Å². The fourth-order valence-corrected chi connectivity index (χ4v) is 1.62. The molecule has 0 saturated heterocycles. The van der Waals surface area contributed by atoms with Crippen molar-refractivity contribution in [3.63, 3.8) is 0 Å². The van der Waals surface area contributed by atoms with Crippen molar-refractivity contribution in [1.29, 1.82) is 0 Å². The Morgan fingerprint density at radius 3 is 2.35 bits per heavy atom. The number of phenolic OH excluding ortho intramolecular Hbond substituents is 1. The topological polar surface area (TPSA) is 95.9 Å². The van der Waals surface area contributed by atoms with Gasteiger partial charge in [0.25, 0.3) is 5.91 Å². The molecule has 0 aromatic heterocycles. The van der Waals surface area contributed by atoms with E-state index in [1.54, 1.807) is 0 Å². The minimum Gasteiger partial charge on any atom is -0.508 e. The molecular formula is C14H19NO5. The summed E-state index contributed by atoms with van der Waals surface area (Å²) in [5, 5.41) is 20.5. The van der Waals surface area contributed by atoms with E-state index < -0.39 is 17.9 Å². The number of carbonyl (C=O) groups excluding carboxylic acids is 1. The summed E-state index contributed by atoms with van der Waals surface area (Å²) in [7, 11) is 0. The summed E-state index contributed by atoms with van der Waals surface area (Å²) in [6.07, 6.45) is 0.361. The summed E-state index contributed by atoms with van der Waals surface area (Å²) in [6.45, 7) is 3.50. The number of carboxylic acids is 1. The van der Waals surface area contributed by atoms with Crippen LogP contribution in [-0.4, -0.2) is 34.7 Å². The summed E-state index contributed by atoms with van der Waals surface area (Å²) in [5.74, 6) is -0.865. The smallest absolute Gasteiger partial charge is 0.326 e. The fraction of sp³-hybridized carbons (Fsp3) is 0.429. The monoisotopic (exact) mass is 281 g/mol. The van der Waals surface area contributed by atoms with Gasteiger partial charge in [0.1, 0.15) is 17.5 Å². The zero-order valence-electron chi connectivity index (χ0n) is 11.5. The number of carbonyl (C=O) groups is 2. The number of benzene rings is 1. The van der Waals surface area contributed by atoms with Crippen LogP contribution in [0.15, 0.2) is 24.3 Å². The lowest BCUT2D eigenvalue weighted by atomic mass is 10.0. The van der Waals surface area contributed by atoms with Gasteiger partial charge in [-0.05, 0) is 36.6 Å². The molecule has 0 saturated carbocycles. The van der Waals surface area contributed by atoms with Gasteiger partial charge in [-0.1, -0.05) is 13.8 Å². The summed E-state index contributed by atoms with van der Waals surface area (Å²) in [4.78, 5) is 22.6. The van der Waals surface area contributed by atoms with E-state index in [0.29, 0.717) is 12.2 Å². The van der Waals surface area contributed by atoms with Crippen LogP contribution in [0, 0.1) is 5.92 Å². The molecule has 3 N–H and O–H groups in total. The van der Waals surface area contributed by atoms with Gasteiger partial charge in [0.05, 0.1) is 0 Å². The van der Waals surface area contributed by atoms with E-state index in [2.05, 4.69) is 5.32 Å². The third kappa shape index (κ3) is 5.60. The molecular weight excluding hydrogens is 262 g/mol. The molecule has 0 bridgehead atoms. The van der Waals surface area contributed by atoms with Crippen molar-refractivity contribution in [3.8, 4) is 11.5 Å². The van der Waals surface area contributed by atoms with Gasteiger partial charge >= 0.3 is 5.97 Å². The highest BCUT2D eigenvalue weighted by molar-refractivity contribution is 5.84. The Balaban J connectivity index is 2.45. The Morgan fingerprint density at radius 1 is 1.25 bits per heavy atom. The van der Waals surface area contributed by atoms with E-state index in [1.807, 2.05) is 13.8 Å². The summed E-state index contributed by atoms with van der Waals surface area (Å²) in [5.41, 5.74) is 0. The molecule has 0 aliphatic rings. The van der Waals surface area contributed by atoms with Crippen molar-refractivity contribution in [3.05, 3.63) is 24.3 Å². The molecule has 1 aromatic rings. The second kappa shape index (κ2) is 7.37. The summed E-state index contributed by atoms with van der Waals surface area (Å²) < 4.78 is 5.19. The van der Waals surface area contributed by atoms with Crippen LogP contribution in [0.1, 0.15) is 20.3 Å². The van der Waals surface area contributed by atoms with Crippen LogP contribution in [0.2, 0.25) is 0 Å². The first-order valence-corrected chi connectivity index (χ1v) is 6.32. The third-order valence-electron chi connectivity index (χ3n) is 2.55. The lowest BCUT2D eigenvalue weighted by Gasteiger charge is -2.16. The van der Waals surface area contributed by atoms with Crippen molar-refractivity contribution in [2.24, 2.45) is 5.92 Å². The van der Waals surface area contributed by atoms with Crippen LogP contribution in [0.5, 0.6) is 11.5 Å². The van der Waals surface area contributed by atoms with E-state index in [4.69, 9.17) is 14.9 Å². The lowest BCUT2D eigenvalue weighted by molar-refractivity contribution is -0.142. The number of aliphatic carboxylic acids is 1. The van der Waals surface area contributed by atoms with Gasteiger partial charge in [0, 0.05) is 0 Å². The number of hydrogen-bond acceptors (Lipinski definition) is 4. The molecule has 0 unspecified atom stereocenters. The Morgan fingerprint density at radius 2 is 1.85 bits per heavy atom. The molecule has 1 rings (SSSR count). The Bertz CT molecular complexity index is 455. The number of aromatic hydroxyl groups is 1. The highest BCUT2D eigenvalue weighted by atomic mass is 16.5. The number of nitrogens with one attached hydrogen (secondary N) is 1. The molecule has 1 atom stereocenters. The average Bonchev–Trinajstić information content (AvgIpc) is 2.36. The minimum atomic E-state index is -1.06. The molecule has 0 fully saturated rings. The Labute approximate surface area is 117 Å². The van der Waals surface area contributed by atoms with Crippen LogP contribution in [0.3, 0.4) is 0 Å². The number of carboxylic acid groups (broad SMARTS) is 1. The molecule has 0 aliphatic heterocycles. The van der Waals surface area contributed by atoms with Crippen molar-refractivity contribution in [1.82, 2.24) is 5.32 Å². The molecule has 0 spiro atoms. The maximum Gasteiger partial charge on any atom is 0.326 e. The highest BCUT2D eigenvalue weighted by Crippen LogP contribution is 2.15. The largest absolute Gasteiger partial charge is 0.508 e. The van der Waals surface area contributed by atoms with Crippen LogP contribution < -0.4 is 10.1 Å². The van der Waals surface area contributed by atoms with Crippen molar-refractivity contribution >= 4 is 11.9 Å². The van der Waals surface area contributed by atoms with Crippen LogP contribution >= 0.6 is 0 Å². The second-order valence-corrected chi connectivity index (χ2v) is 4.87. The Hall–Kier alpha value is -2.24. The first-order valence-electron chi connectivity index (χ1n) is 6.32. The lowest BCUT2D eigenvalue weighted by Crippen LogP contribution is -2.43. The normalized spacial score (nSPS) is 11.9. The molecule has 110 valence electrons. The molecule has 1 amide bonds. The predicted molar refractivity (Wildman–Crippen MR) is 72.6 cm³/mol. The standard InChI is InChI=1S/C14H19NO5/c1-9(2)7-12(14(18)19)15-13(17)8-20-11-5-3-10(16)4-6-11/h3-6,9,12,16H,7-8H2,1-2H3,(H,15,17)(H,18,19)/t12-/m1/s1. The SMILES string of the molecule is CC(C)C[C@@H](NC(=O)COc1ccc(O)cc1)C(=O)O. The van der Waals surface area contributed by atoms with Crippen LogP contribution in [0.25, 0.3) is 0 Å². The number of ether oxygens (including phenoxy) is 1. The minimum absolute atomic E-state index is 0.102. The third-order valence-corrected chi connectivity index (χ3v) is 2.55. The van der Waals surface area contributed by atoms with E-state index >= 15 is 0 Å². The first kappa shape index (κ1) is 15.8. The van der Waals surface area contributed by atoms with Gasteiger partial charge in [-0.3, -0.25) is 4.79 Å². The molecule has 0 radical (unpaired) electrons. The van der Waals surface area contributed by atoms with Crippen LogP contribution in [0.4, 0.5) is 0 Å². The van der Waals surface area contributed by atoms with E-state index in [9.17, 15) is 9.59 Å². The predicted octanol–water partition coefficient (Wildman–Crippen LogP) is 1.39. The van der Waals surface area contributed by atoms with E-state index in [0.717, 1.165) is 0 Å². The number of phenols is 1. The second-order valence-electron chi connectivity index (χ2n) is 4.87. The maximum atomic E-state index is 11.6. The molecule has 0 heterocycles. The van der Waals surface area contributed by atoms with Gasteiger partial charge in [-0.25, -0.2) is 4.79 Å². The molecule has 6 heteroatoms. The number of hydrogen-bond donors (Lipinski definition) is 3. The first-order chi connectivity index (χ1) is 9.38. The van der Waals surface area contributed by atoms with Gasteiger partial charge in [0.15, 0.2) is 6.61 Å². The molecule has 6 nitrogen and oxygen atoms in total. The number of rotatable bonds is 7. The Kier molecular flexibility index (Phi) is 5.83. The van der Waals surface area contributed by atoms with Gasteiger partial charge in [0.2, 0.25) is 0 Å². The van der Waals surface area contributed by atoms with Gasteiger partial charge in [-0.15, -0.1) is 0 Å². The summed E-state index contributed by atoms with van der Waals surface area (Å²) in [6, 6.07) is 5.00. The van der Waals surface area contributed by atoms with E-state index in [1.165, 1.54) is 24.3 Å². The maximum absolute atomic E-state index is 11.6. The zero-order valence-corrected chi connectivity index (χ0v) is 11.5. The highest BCUT2D eigenvalue weighted by Gasteiger charge is 2.21. The molecule has 1 aromatic carbocycles. The summed E-state index contributed by atoms with van der Waals surface area (Å²) >= 11 is 0. The molecule has 0 aliphatic carbocycles. The van der Waals surface area contributed by atoms with Crippen LogP contribution in [-0.2, 0) is 9.59 Å². The fourth-order valence-electron chi connectivity index (χ4n) is 1.62. The quantitative estimate of drug-likeness (QED) is 0.702. The average molecular weight is 281 g/mol.